The van der Waals surface area contributed by atoms with E-state index in [2.05, 4.69) is 11.9 Å². The zero-order valence-corrected chi connectivity index (χ0v) is 12.0. The van der Waals surface area contributed by atoms with Gasteiger partial charge in [-0.05, 0) is 51.1 Å². The molecule has 1 aromatic carbocycles. The van der Waals surface area contributed by atoms with Gasteiger partial charge < -0.3 is 15.5 Å². The minimum Gasteiger partial charge on any atom is -0.398 e. The van der Waals surface area contributed by atoms with E-state index in [1.54, 1.807) is 0 Å². The lowest BCUT2D eigenvalue weighted by Gasteiger charge is -2.26. The van der Waals surface area contributed by atoms with Crippen LogP contribution in [0.15, 0.2) is 18.2 Å². The number of carbonyl (C=O) groups excluding carboxylic acids is 1. The van der Waals surface area contributed by atoms with E-state index in [1.165, 1.54) is 12.8 Å². The second kappa shape index (κ2) is 5.61. The summed E-state index contributed by atoms with van der Waals surface area (Å²) in [6.45, 7) is 3.81. The maximum atomic E-state index is 12.5. The molecule has 104 valence electrons. The number of amides is 1. The Balaban J connectivity index is 2.08. The molecule has 1 heterocycles. The van der Waals surface area contributed by atoms with Crippen molar-refractivity contribution in [2.75, 3.05) is 32.9 Å². The Morgan fingerprint density at radius 3 is 2.89 bits per heavy atom. The van der Waals surface area contributed by atoms with Gasteiger partial charge in [0, 0.05) is 30.9 Å². The highest BCUT2D eigenvalue weighted by molar-refractivity contribution is 5.96. The Bertz CT molecular complexity index is 472. The molecule has 0 bridgehead atoms. The third-order valence-corrected chi connectivity index (χ3v) is 4.11. The number of carbonyl (C=O) groups is 1. The zero-order valence-electron chi connectivity index (χ0n) is 12.0. The quantitative estimate of drug-likeness (QED) is 0.843. The first-order valence-corrected chi connectivity index (χ1v) is 6.81. The number of likely N-dealkylation sites (N-methyl/N-ethyl adjacent to an activating group) is 2. The Labute approximate surface area is 115 Å². The molecule has 0 aromatic heterocycles. The van der Waals surface area contributed by atoms with Gasteiger partial charge in [0.25, 0.3) is 5.91 Å². The molecule has 1 aliphatic rings. The van der Waals surface area contributed by atoms with Crippen LogP contribution < -0.4 is 5.73 Å². The molecule has 1 saturated heterocycles. The van der Waals surface area contributed by atoms with E-state index >= 15 is 0 Å². The van der Waals surface area contributed by atoms with Crippen LogP contribution in [0.3, 0.4) is 0 Å². The normalized spacial score (nSPS) is 19.6. The minimum absolute atomic E-state index is 0.0603. The molecule has 1 aliphatic heterocycles. The summed E-state index contributed by atoms with van der Waals surface area (Å²) in [5.74, 6) is 0.0603. The summed E-state index contributed by atoms with van der Waals surface area (Å²) in [4.78, 5) is 16.6. The average Bonchev–Trinajstić information content (AvgIpc) is 2.77. The summed E-state index contributed by atoms with van der Waals surface area (Å²) < 4.78 is 0. The van der Waals surface area contributed by atoms with E-state index < -0.39 is 0 Å². The number of likely N-dealkylation sites (tertiary alicyclic amines) is 1. The van der Waals surface area contributed by atoms with Crippen molar-refractivity contribution in [3.05, 3.63) is 29.3 Å². The van der Waals surface area contributed by atoms with Gasteiger partial charge in [-0.1, -0.05) is 6.07 Å². The zero-order chi connectivity index (χ0) is 14.0. The van der Waals surface area contributed by atoms with Crippen molar-refractivity contribution in [1.82, 2.24) is 9.80 Å². The molecular weight excluding hydrogens is 238 g/mol. The molecule has 0 radical (unpaired) electrons. The fourth-order valence-electron chi connectivity index (χ4n) is 2.70. The van der Waals surface area contributed by atoms with E-state index in [0.29, 0.717) is 17.3 Å². The second-order valence-electron chi connectivity index (χ2n) is 5.48. The number of nitrogens with zero attached hydrogens (tertiary/aromatic N) is 2. The molecule has 4 heteroatoms. The molecule has 0 aliphatic carbocycles. The van der Waals surface area contributed by atoms with E-state index in [-0.39, 0.29) is 5.91 Å². The first-order chi connectivity index (χ1) is 9.00. The van der Waals surface area contributed by atoms with Crippen LogP contribution in [0.5, 0.6) is 0 Å². The number of rotatable bonds is 3. The lowest BCUT2D eigenvalue weighted by molar-refractivity contribution is 0.0761. The topological polar surface area (TPSA) is 49.6 Å². The summed E-state index contributed by atoms with van der Waals surface area (Å²) in [6.07, 6.45) is 2.39. The van der Waals surface area contributed by atoms with Crippen molar-refractivity contribution in [1.29, 1.82) is 0 Å². The summed E-state index contributed by atoms with van der Waals surface area (Å²) >= 11 is 0. The fraction of sp³-hybridized carbons (Fsp3) is 0.533. The molecule has 0 saturated carbocycles. The SMILES string of the molecule is Cc1c(N)cccc1C(=O)N(C)CC1CCCN1C. The van der Waals surface area contributed by atoms with Gasteiger partial charge >= 0.3 is 0 Å². The molecule has 1 unspecified atom stereocenters. The fourth-order valence-corrected chi connectivity index (χ4v) is 2.70. The largest absolute Gasteiger partial charge is 0.398 e. The van der Waals surface area contributed by atoms with Crippen LogP contribution in [0, 0.1) is 6.92 Å². The summed E-state index contributed by atoms with van der Waals surface area (Å²) in [5.41, 5.74) is 8.13. The molecule has 2 rings (SSSR count). The van der Waals surface area contributed by atoms with Crippen molar-refractivity contribution < 1.29 is 4.79 Å². The highest BCUT2D eigenvalue weighted by Crippen LogP contribution is 2.19. The predicted octanol–water partition coefficient (Wildman–Crippen LogP) is 1.74. The van der Waals surface area contributed by atoms with Crippen molar-refractivity contribution in [2.45, 2.75) is 25.8 Å². The second-order valence-corrected chi connectivity index (χ2v) is 5.48. The van der Waals surface area contributed by atoms with Crippen LogP contribution in [-0.2, 0) is 0 Å². The van der Waals surface area contributed by atoms with Gasteiger partial charge in [-0.25, -0.2) is 0 Å². The minimum atomic E-state index is 0.0603. The number of hydrogen-bond acceptors (Lipinski definition) is 3. The molecule has 1 amide bonds. The predicted molar refractivity (Wildman–Crippen MR) is 78.2 cm³/mol. The van der Waals surface area contributed by atoms with Crippen LogP contribution in [0.1, 0.15) is 28.8 Å². The smallest absolute Gasteiger partial charge is 0.253 e. The van der Waals surface area contributed by atoms with Gasteiger partial charge in [-0.15, -0.1) is 0 Å². The lowest BCUT2D eigenvalue weighted by Crippen LogP contribution is -2.39. The monoisotopic (exact) mass is 261 g/mol. The molecule has 1 fully saturated rings. The van der Waals surface area contributed by atoms with Gasteiger partial charge in [0.1, 0.15) is 0 Å². The van der Waals surface area contributed by atoms with Crippen LogP contribution in [0.2, 0.25) is 0 Å². The average molecular weight is 261 g/mol. The first kappa shape index (κ1) is 13.9. The third-order valence-electron chi connectivity index (χ3n) is 4.11. The van der Waals surface area contributed by atoms with Gasteiger partial charge in [-0.3, -0.25) is 4.79 Å². The number of anilines is 1. The Morgan fingerprint density at radius 1 is 1.53 bits per heavy atom. The summed E-state index contributed by atoms with van der Waals surface area (Å²) in [6, 6.07) is 6.00. The van der Waals surface area contributed by atoms with E-state index in [9.17, 15) is 4.79 Å². The molecule has 1 atom stereocenters. The molecule has 1 aromatic rings. The number of hydrogen-bond donors (Lipinski definition) is 1. The van der Waals surface area contributed by atoms with Crippen molar-refractivity contribution in [3.63, 3.8) is 0 Å². The van der Waals surface area contributed by atoms with Crippen LogP contribution in [-0.4, -0.2) is 48.9 Å². The highest BCUT2D eigenvalue weighted by Gasteiger charge is 2.24. The Hall–Kier alpha value is -1.55. The van der Waals surface area contributed by atoms with Gasteiger partial charge in [0.15, 0.2) is 0 Å². The lowest BCUT2D eigenvalue weighted by atomic mass is 10.1. The Kier molecular flexibility index (Phi) is 4.10. The maximum absolute atomic E-state index is 12.5. The van der Waals surface area contributed by atoms with E-state index in [0.717, 1.165) is 18.7 Å². The number of benzene rings is 1. The molecular formula is C15H23N3O. The molecule has 2 N–H and O–H groups in total. The first-order valence-electron chi connectivity index (χ1n) is 6.81. The summed E-state index contributed by atoms with van der Waals surface area (Å²) in [5, 5.41) is 0. The Morgan fingerprint density at radius 2 is 2.26 bits per heavy atom. The maximum Gasteiger partial charge on any atom is 0.253 e. The third kappa shape index (κ3) is 2.89. The standard InChI is InChI=1S/C15H23N3O/c1-11-13(7-4-8-14(11)16)15(19)18(3)10-12-6-5-9-17(12)2/h4,7-8,12H,5-6,9-10,16H2,1-3H3. The van der Waals surface area contributed by atoms with Gasteiger partial charge in [0.2, 0.25) is 0 Å². The van der Waals surface area contributed by atoms with E-state index in [1.807, 2.05) is 37.1 Å². The van der Waals surface area contributed by atoms with Gasteiger partial charge in [-0.2, -0.15) is 0 Å². The summed E-state index contributed by atoms with van der Waals surface area (Å²) in [7, 11) is 4.00. The molecule has 19 heavy (non-hydrogen) atoms. The van der Waals surface area contributed by atoms with Crippen LogP contribution in [0.25, 0.3) is 0 Å². The van der Waals surface area contributed by atoms with Crippen molar-refractivity contribution in [3.8, 4) is 0 Å². The van der Waals surface area contributed by atoms with Gasteiger partial charge in [0.05, 0.1) is 0 Å². The van der Waals surface area contributed by atoms with Crippen molar-refractivity contribution >= 4 is 11.6 Å². The highest BCUT2D eigenvalue weighted by atomic mass is 16.2. The van der Waals surface area contributed by atoms with E-state index in [4.69, 9.17) is 5.73 Å². The van der Waals surface area contributed by atoms with Crippen LogP contribution >= 0.6 is 0 Å². The number of nitrogen functional groups attached to an aromatic ring is 1. The van der Waals surface area contributed by atoms with Crippen LogP contribution in [0.4, 0.5) is 5.69 Å². The molecule has 4 nitrogen and oxygen atoms in total. The van der Waals surface area contributed by atoms with Crippen molar-refractivity contribution in [2.24, 2.45) is 0 Å². The number of nitrogens with two attached hydrogens (primary N) is 1. The molecule has 0 spiro atoms.